The number of carbonyl (C=O) groups is 1. The number of pyridine rings is 1. The summed E-state index contributed by atoms with van der Waals surface area (Å²) < 4.78 is 32.7. The van der Waals surface area contributed by atoms with Crippen molar-refractivity contribution < 1.29 is 23.2 Å². The number of carbonyl (C=O) groups excluding carboxylic acids is 1. The molecular weight excluding hydrogens is 420 g/mol. The zero-order chi connectivity index (χ0) is 22.3. The molecule has 2 aromatic rings. The number of hydrogen-bond acceptors (Lipinski definition) is 5. The maximum atomic E-state index is 13.7. The highest BCUT2D eigenvalue weighted by atomic mass is 35.5. The van der Waals surface area contributed by atoms with Crippen LogP contribution >= 0.6 is 11.6 Å². The molecule has 1 heterocycles. The third-order valence-corrected chi connectivity index (χ3v) is 4.90. The van der Waals surface area contributed by atoms with E-state index >= 15 is 0 Å². The van der Waals surface area contributed by atoms with Crippen LogP contribution in [0.25, 0.3) is 11.3 Å². The molecule has 1 aliphatic carbocycles. The molecule has 0 saturated heterocycles. The van der Waals surface area contributed by atoms with Crippen molar-refractivity contribution in [1.29, 1.82) is 0 Å². The van der Waals surface area contributed by atoms with Crippen LogP contribution in [0.1, 0.15) is 39.2 Å². The largest absolute Gasteiger partial charge is 0.444 e. The molecule has 3 rings (SSSR count). The van der Waals surface area contributed by atoms with Gasteiger partial charge in [0.2, 0.25) is 0 Å². The van der Waals surface area contributed by atoms with E-state index in [0.29, 0.717) is 16.8 Å². The molecule has 1 aromatic heterocycles. The number of halogens is 3. The average Bonchev–Trinajstić information content (AvgIpc) is 2.58. The number of nitro groups is 1. The van der Waals surface area contributed by atoms with Gasteiger partial charge in [-0.1, -0.05) is 35.9 Å². The number of nitrogens with zero attached hydrogens (tertiary/aromatic N) is 2. The van der Waals surface area contributed by atoms with Gasteiger partial charge in [-0.15, -0.1) is 0 Å². The molecule has 1 saturated carbocycles. The van der Waals surface area contributed by atoms with Crippen LogP contribution in [0, 0.1) is 10.1 Å². The highest BCUT2D eigenvalue weighted by Gasteiger charge is 2.58. The molecule has 0 atom stereocenters. The number of ether oxygens (including phenoxy) is 1. The molecule has 1 aliphatic rings. The summed E-state index contributed by atoms with van der Waals surface area (Å²) in [5.74, 6) is -2.89. The van der Waals surface area contributed by atoms with E-state index in [2.05, 4.69) is 10.3 Å². The Morgan fingerprint density at radius 1 is 1.27 bits per heavy atom. The number of benzene rings is 1. The summed E-state index contributed by atoms with van der Waals surface area (Å²) in [5.41, 5.74) is -0.894. The van der Waals surface area contributed by atoms with Gasteiger partial charge in [-0.3, -0.25) is 10.1 Å². The topological polar surface area (TPSA) is 94.4 Å². The van der Waals surface area contributed by atoms with Crippen molar-refractivity contribution in [2.45, 2.75) is 50.7 Å². The quantitative estimate of drug-likeness (QED) is 0.504. The number of aromatic nitrogens is 1. The van der Waals surface area contributed by atoms with E-state index in [1.54, 1.807) is 45.0 Å². The van der Waals surface area contributed by atoms with E-state index in [1.807, 2.05) is 0 Å². The zero-order valence-electron chi connectivity index (χ0n) is 16.5. The Hall–Kier alpha value is -2.81. The van der Waals surface area contributed by atoms with Gasteiger partial charge in [-0.05, 0) is 26.3 Å². The van der Waals surface area contributed by atoms with Gasteiger partial charge in [0, 0.05) is 24.5 Å². The van der Waals surface area contributed by atoms with Crippen LogP contribution in [0.15, 0.2) is 36.5 Å². The molecule has 0 aliphatic heterocycles. The number of alkyl carbamates (subject to hydrolysis) is 1. The molecule has 0 unspecified atom stereocenters. The maximum Gasteiger partial charge on any atom is 0.408 e. The molecule has 1 N–H and O–H groups in total. The molecule has 1 aromatic carbocycles. The molecule has 0 spiro atoms. The molecule has 1 fully saturated rings. The third-order valence-electron chi connectivity index (χ3n) is 4.61. The first-order valence-electron chi connectivity index (χ1n) is 9.10. The summed E-state index contributed by atoms with van der Waals surface area (Å²) >= 11 is 6.10. The van der Waals surface area contributed by atoms with E-state index in [-0.39, 0.29) is 10.7 Å². The van der Waals surface area contributed by atoms with Crippen LogP contribution < -0.4 is 5.32 Å². The summed E-state index contributed by atoms with van der Waals surface area (Å²) in [6.45, 7) is 5.05. The number of hydrogen-bond donors (Lipinski definition) is 1. The van der Waals surface area contributed by atoms with Crippen molar-refractivity contribution >= 4 is 23.4 Å². The number of alkyl halides is 2. The Morgan fingerprint density at radius 3 is 2.33 bits per heavy atom. The van der Waals surface area contributed by atoms with Gasteiger partial charge >= 0.3 is 6.09 Å². The SMILES string of the molecule is CC(C)(C)OC(=O)NC1(c2ccc(-c3ncc([N+](=O)[O-])cc3Cl)cc2)CC(F)(F)C1. The monoisotopic (exact) mass is 439 g/mol. The summed E-state index contributed by atoms with van der Waals surface area (Å²) in [6.07, 6.45) is -0.778. The summed E-state index contributed by atoms with van der Waals surface area (Å²) in [7, 11) is 0. The van der Waals surface area contributed by atoms with E-state index in [4.69, 9.17) is 16.3 Å². The van der Waals surface area contributed by atoms with Crippen LogP contribution in [0.2, 0.25) is 5.02 Å². The van der Waals surface area contributed by atoms with E-state index in [9.17, 15) is 23.7 Å². The fourth-order valence-corrected chi connectivity index (χ4v) is 3.65. The lowest BCUT2D eigenvalue weighted by molar-refractivity contribution is -0.385. The lowest BCUT2D eigenvalue weighted by Gasteiger charge is -2.48. The van der Waals surface area contributed by atoms with Crippen molar-refractivity contribution in [3.63, 3.8) is 0 Å². The van der Waals surface area contributed by atoms with Crippen molar-refractivity contribution in [2.24, 2.45) is 0 Å². The first-order chi connectivity index (χ1) is 13.8. The van der Waals surface area contributed by atoms with Crippen LogP contribution in [0.4, 0.5) is 19.3 Å². The summed E-state index contributed by atoms with van der Waals surface area (Å²) in [6, 6.07) is 7.62. The van der Waals surface area contributed by atoms with Gasteiger partial charge in [0.15, 0.2) is 0 Å². The standard InChI is InChI=1S/C20H20ClF2N3O4/c1-18(2,3)30-17(27)25-19(10-20(22,23)11-19)13-6-4-12(5-7-13)16-15(21)8-14(9-24-16)26(28)29/h4-9H,10-11H2,1-3H3,(H,25,27). The van der Waals surface area contributed by atoms with Gasteiger partial charge in [0.1, 0.15) is 11.8 Å². The Kier molecular flexibility index (Phi) is 5.44. The fraction of sp³-hybridized carbons (Fsp3) is 0.400. The zero-order valence-corrected chi connectivity index (χ0v) is 17.3. The molecule has 0 bridgehead atoms. The number of rotatable bonds is 4. The van der Waals surface area contributed by atoms with Crippen LogP contribution in [0.3, 0.4) is 0 Å². The maximum absolute atomic E-state index is 13.7. The second kappa shape index (κ2) is 7.46. The van der Waals surface area contributed by atoms with Gasteiger partial charge in [0.25, 0.3) is 11.6 Å². The minimum absolute atomic E-state index is 0.0914. The van der Waals surface area contributed by atoms with Gasteiger partial charge in [-0.25, -0.2) is 18.6 Å². The van der Waals surface area contributed by atoms with Crippen LogP contribution in [-0.4, -0.2) is 27.5 Å². The predicted octanol–water partition coefficient (Wildman–Crippen LogP) is 5.46. The van der Waals surface area contributed by atoms with E-state index in [0.717, 1.165) is 6.20 Å². The van der Waals surface area contributed by atoms with Crippen LogP contribution in [-0.2, 0) is 10.3 Å². The summed E-state index contributed by atoms with van der Waals surface area (Å²) in [4.78, 5) is 26.5. The highest BCUT2D eigenvalue weighted by molar-refractivity contribution is 6.33. The van der Waals surface area contributed by atoms with E-state index in [1.165, 1.54) is 6.07 Å². The summed E-state index contributed by atoms with van der Waals surface area (Å²) in [5, 5.41) is 13.5. The normalized spacial score (nSPS) is 17.0. The molecule has 0 radical (unpaired) electrons. The Balaban J connectivity index is 1.87. The third kappa shape index (κ3) is 4.67. The minimum atomic E-state index is -2.89. The molecular formula is C20H20ClF2N3O4. The average molecular weight is 440 g/mol. The Labute approximate surface area is 176 Å². The molecule has 1 amide bonds. The van der Waals surface area contributed by atoms with E-state index < -0.39 is 40.9 Å². The molecule has 7 nitrogen and oxygen atoms in total. The fourth-order valence-electron chi connectivity index (χ4n) is 3.38. The Morgan fingerprint density at radius 2 is 1.87 bits per heavy atom. The van der Waals surface area contributed by atoms with Gasteiger partial charge in [0.05, 0.1) is 21.2 Å². The molecule has 160 valence electrons. The lowest BCUT2D eigenvalue weighted by atomic mass is 9.69. The van der Waals surface area contributed by atoms with Gasteiger partial charge < -0.3 is 10.1 Å². The number of nitrogens with one attached hydrogen (secondary N) is 1. The van der Waals surface area contributed by atoms with Crippen molar-refractivity contribution in [1.82, 2.24) is 10.3 Å². The van der Waals surface area contributed by atoms with Crippen molar-refractivity contribution in [2.75, 3.05) is 0 Å². The highest BCUT2D eigenvalue weighted by Crippen LogP contribution is 2.52. The predicted molar refractivity (Wildman–Crippen MR) is 107 cm³/mol. The first-order valence-corrected chi connectivity index (χ1v) is 9.48. The Bertz CT molecular complexity index is 983. The van der Waals surface area contributed by atoms with Gasteiger partial charge in [-0.2, -0.15) is 0 Å². The van der Waals surface area contributed by atoms with Crippen LogP contribution in [0.5, 0.6) is 0 Å². The van der Waals surface area contributed by atoms with Crippen molar-refractivity contribution in [3.8, 4) is 11.3 Å². The second-order valence-electron chi connectivity index (χ2n) is 8.28. The molecule has 30 heavy (non-hydrogen) atoms. The lowest BCUT2D eigenvalue weighted by Crippen LogP contribution is -2.60. The first kappa shape index (κ1) is 21.9. The molecule has 10 heteroatoms. The second-order valence-corrected chi connectivity index (χ2v) is 8.68. The number of amides is 1. The smallest absolute Gasteiger partial charge is 0.408 e. The van der Waals surface area contributed by atoms with Crippen molar-refractivity contribution in [3.05, 3.63) is 57.2 Å². The minimum Gasteiger partial charge on any atom is -0.444 e.